The number of fused-ring (bicyclic) bond motifs is 1. The molecule has 0 atom stereocenters. The second kappa shape index (κ2) is 4.83. The summed E-state index contributed by atoms with van der Waals surface area (Å²) >= 11 is 1.83. The van der Waals surface area contributed by atoms with Gasteiger partial charge in [0.25, 0.3) is 0 Å². The number of thiophene rings is 1. The molecule has 2 heteroatoms. The van der Waals surface area contributed by atoms with E-state index in [0.29, 0.717) is 0 Å². The monoisotopic (exact) mass is 254 g/mol. The molecule has 0 radical (unpaired) electrons. The van der Waals surface area contributed by atoms with E-state index in [2.05, 4.69) is 48.6 Å². The Bertz CT molecular complexity index is 659. The SMILES string of the molecule is COc1ccc2cc(C3=CC=CC=CC3)sc2c1. The van der Waals surface area contributed by atoms with Crippen LogP contribution in [0.25, 0.3) is 15.7 Å². The van der Waals surface area contributed by atoms with Crippen molar-refractivity contribution in [2.45, 2.75) is 6.42 Å². The molecule has 2 aromatic rings. The fraction of sp³-hybridized carbons (Fsp3) is 0.125. The van der Waals surface area contributed by atoms with E-state index >= 15 is 0 Å². The molecule has 0 fully saturated rings. The predicted octanol–water partition coefficient (Wildman–Crippen LogP) is 4.81. The first-order valence-electron chi connectivity index (χ1n) is 5.97. The minimum Gasteiger partial charge on any atom is -0.497 e. The van der Waals surface area contributed by atoms with Crippen LogP contribution in [-0.4, -0.2) is 7.11 Å². The minimum absolute atomic E-state index is 0.922. The van der Waals surface area contributed by atoms with Crippen molar-refractivity contribution in [1.82, 2.24) is 0 Å². The van der Waals surface area contributed by atoms with Crippen molar-refractivity contribution in [3.05, 3.63) is 59.5 Å². The van der Waals surface area contributed by atoms with Crippen LogP contribution in [0.4, 0.5) is 0 Å². The number of ether oxygens (including phenoxy) is 1. The second-order valence-corrected chi connectivity index (χ2v) is 5.31. The average Bonchev–Trinajstić information content (AvgIpc) is 2.63. The zero-order valence-corrected chi connectivity index (χ0v) is 11.0. The van der Waals surface area contributed by atoms with Crippen molar-refractivity contribution >= 4 is 27.0 Å². The van der Waals surface area contributed by atoms with Crippen molar-refractivity contribution in [1.29, 1.82) is 0 Å². The zero-order valence-electron chi connectivity index (χ0n) is 10.2. The quantitative estimate of drug-likeness (QED) is 0.747. The van der Waals surface area contributed by atoms with Crippen LogP contribution >= 0.6 is 11.3 Å². The Hall–Kier alpha value is -1.80. The molecule has 1 aliphatic carbocycles. The lowest BCUT2D eigenvalue weighted by atomic mass is 10.1. The summed E-state index contributed by atoms with van der Waals surface area (Å²) in [4.78, 5) is 1.34. The van der Waals surface area contributed by atoms with E-state index in [4.69, 9.17) is 4.74 Å². The molecule has 1 aromatic heterocycles. The smallest absolute Gasteiger partial charge is 0.120 e. The van der Waals surface area contributed by atoms with Gasteiger partial charge in [-0.1, -0.05) is 30.4 Å². The molecule has 1 heterocycles. The van der Waals surface area contributed by atoms with Crippen LogP contribution in [0.1, 0.15) is 11.3 Å². The summed E-state index contributed by atoms with van der Waals surface area (Å²) in [6.45, 7) is 0. The largest absolute Gasteiger partial charge is 0.497 e. The Morgan fingerprint density at radius 1 is 1.11 bits per heavy atom. The lowest BCUT2D eigenvalue weighted by Gasteiger charge is -1.98. The Morgan fingerprint density at radius 2 is 2.06 bits per heavy atom. The van der Waals surface area contributed by atoms with Gasteiger partial charge in [-0.15, -0.1) is 11.3 Å². The number of methoxy groups -OCH3 is 1. The van der Waals surface area contributed by atoms with Gasteiger partial charge in [0.05, 0.1) is 7.11 Å². The van der Waals surface area contributed by atoms with E-state index < -0.39 is 0 Å². The maximum Gasteiger partial charge on any atom is 0.120 e. The first-order valence-corrected chi connectivity index (χ1v) is 6.79. The van der Waals surface area contributed by atoms with Crippen LogP contribution in [-0.2, 0) is 0 Å². The third kappa shape index (κ3) is 2.12. The Morgan fingerprint density at radius 3 is 2.94 bits per heavy atom. The zero-order chi connectivity index (χ0) is 12.4. The molecule has 0 spiro atoms. The van der Waals surface area contributed by atoms with E-state index in [-0.39, 0.29) is 0 Å². The van der Waals surface area contributed by atoms with Crippen LogP contribution in [0.2, 0.25) is 0 Å². The molecule has 0 N–H and O–H groups in total. The molecule has 0 saturated carbocycles. The Kier molecular flexibility index (Phi) is 3.03. The summed E-state index contributed by atoms with van der Waals surface area (Å²) < 4.78 is 6.55. The number of hydrogen-bond acceptors (Lipinski definition) is 2. The van der Waals surface area contributed by atoms with Crippen LogP contribution < -0.4 is 4.74 Å². The third-order valence-electron chi connectivity index (χ3n) is 3.04. The molecule has 0 bridgehead atoms. The highest BCUT2D eigenvalue weighted by Crippen LogP contribution is 2.34. The maximum atomic E-state index is 5.27. The van der Waals surface area contributed by atoms with Gasteiger partial charge in [0, 0.05) is 9.58 Å². The number of hydrogen-bond donors (Lipinski definition) is 0. The normalized spacial score (nSPS) is 14.6. The van der Waals surface area contributed by atoms with E-state index in [9.17, 15) is 0 Å². The summed E-state index contributed by atoms with van der Waals surface area (Å²) in [5.74, 6) is 0.922. The van der Waals surface area contributed by atoms with Gasteiger partial charge in [-0.25, -0.2) is 0 Å². The van der Waals surface area contributed by atoms with Gasteiger partial charge in [-0.05, 0) is 41.6 Å². The van der Waals surface area contributed by atoms with E-state index in [1.807, 2.05) is 17.4 Å². The summed E-state index contributed by atoms with van der Waals surface area (Å²) in [5, 5.41) is 1.29. The van der Waals surface area contributed by atoms with E-state index in [1.54, 1.807) is 7.11 Å². The van der Waals surface area contributed by atoms with Crippen LogP contribution in [0.3, 0.4) is 0 Å². The molecule has 1 aromatic carbocycles. The molecule has 90 valence electrons. The predicted molar refractivity (Wildman–Crippen MR) is 79.3 cm³/mol. The van der Waals surface area contributed by atoms with Crippen molar-refractivity contribution in [2.75, 3.05) is 7.11 Å². The van der Waals surface area contributed by atoms with Gasteiger partial charge in [-0.2, -0.15) is 0 Å². The molecule has 1 nitrogen and oxygen atoms in total. The van der Waals surface area contributed by atoms with Gasteiger partial charge in [0.1, 0.15) is 5.75 Å². The summed E-state index contributed by atoms with van der Waals surface area (Å²) in [5.41, 5.74) is 1.38. The number of allylic oxidation sites excluding steroid dienone is 6. The van der Waals surface area contributed by atoms with Crippen LogP contribution in [0.15, 0.2) is 54.6 Å². The lowest BCUT2D eigenvalue weighted by molar-refractivity contribution is 0.415. The topological polar surface area (TPSA) is 9.23 Å². The average molecular weight is 254 g/mol. The van der Waals surface area contributed by atoms with Gasteiger partial charge in [0.2, 0.25) is 0 Å². The molecule has 18 heavy (non-hydrogen) atoms. The molecule has 0 amide bonds. The molecule has 0 unspecified atom stereocenters. The fourth-order valence-corrected chi connectivity index (χ4v) is 3.18. The standard InChI is InChI=1S/C16H14OS/c1-17-14-9-8-13-10-15(18-16(13)11-14)12-6-4-2-3-5-7-12/h2-6,8-11H,7H2,1H3. The van der Waals surface area contributed by atoms with E-state index in [1.165, 1.54) is 20.5 Å². The fourth-order valence-electron chi connectivity index (χ4n) is 2.06. The Labute approximate surface area is 111 Å². The Balaban J connectivity index is 2.05. The van der Waals surface area contributed by atoms with Crippen molar-refractivity contribution in [2.24, 2.45) is 0 Å². The second-order valence-electron chi connectivity index (χ2n) is 4.22. The first kappa shape index (κ1) is 11.3. The van der Waals surface area contributed by atoms with Crippen LogP contribution in [0, 0.1) is 0 Å². The van der Waals surface area contributed by atoms with Crippen LogP contribution in [0.5, 0.6) is 5.75 Å². The lowest BCUT2D eigenvalue weighted by Crippen LogP contribution is -1.79. The molecule has 1 aliphatic rings. The van der Waals surface area contributed by atoms with E-state index in [0.717, 1.165) is 12.2 Å². The van der Waals surface area contributed by atoms with Crippen molar-refractivity contribution in [3.8, 4) is 5.75 Å². The molecular formula is C16H14OS. The van der Waals surface area contributed by atoms with Gasteiger partial charge < -0.3 is 4.74 Å². The highest BCUT2D eigenvalue weighted by molar-refractivity contribution is 7.20. The number of rotatable bonds is 2. The highest BCUT2D eigenvalue weighted by Gasteiger charge is 2.07. The maximum absolute atomic E-state index is 5.27. The summed E-state index contributed by atoms with van der Waals surface area (Å²) in [7, 11) is 1.71. The molecule has 0 aliphatic heterocycles. The molecule has 3 rings (SSSR count). The third-order valence-corrected chi connectivity index (χ3v) is 4.21. The van der Waals surface area contributed by atoms with Gasteiger partial charge in [0.15, 0.2) is 0 Å². The number of benzene rings is 1. The minimum atomic E-state index is 0.922. The van der Waals surface area contributed by atoms with Gasteiger partial charge in [-0.3, -0.25) is 0 Å². The van der Waals surface area contributed by atoms with Gasteiger partial charge >= 0.3 is 0 Å². The molecular weight excluding hydrogens is 240 g/mol. The van der Waals surface area contributed by atoms with Crippen molar-refractivity contribution in [3.63, 3.8) is 0 Å². The molecule has 0 saturated heterocycles. The highest BCUT2D eigenvalue weighted by atomic mass is 32.1. The summed E-state index contributed by atoms with van der Waals surface area (Å²) in [6.07, 6.45) is 11.7. The summed E-state index contributed by atoms with van der Waals surface area (Å²) in [6, 6.07) is 8.50. The first-order chi connectivity index (χ1) is 8.86. The van der Waals surface area contributed by atoms with Crippen molar-refractivity contribution < 1.29 is 4.74 Å².